The number of aromatic nitrogens is 2. The predicted molar refractivity (Wildman–Crippen MR) is 91.5 cm³/mol. The maximum absolute atomic E-state index is 13.5. The van der Waals surface area contributed by atoms with Gasteiger partial charge in [-0.15, -0.1) is 0 Å². The van der Waals surface area contributed by atoms with Crippen LogP contribution in [0.4, 0.5) is 0 Å². The lowest BCUT2D eigenvalue weighted by Gasteiger charge is -2.43. The van der Waals surface area contributed by atoms with Crippen molar-refractivity contribution in [1.29, 1.82) is 0 Å². The molecule has 1 aliphatic heterocycles. The van der Waals surface area contributed by atoms with Crippen LogP contribution in [-0.4, -0.2) is 46.2 Å². The van der Waals surface area contributed by atoms with E-state index in [1.54, 1.807) is 0 Å². The first-order valence-corrected chi connectivity index (χ1v) is 9.42. The minimum absolute atomic E-state index is 0.0841. The van der Waals surface area contributed by atoms with Crippen molar-refractivity contribution in [3.63, 3.8) is 0 Å². The lowest BCUT2D eigenvalue weighted by molar-refractivity contribution is -0.0752. The average Bonchev–Trinajstić information content (AvgIpc) is 3.44. The summed E-state index contributed by atoms with van der Waals surface area (Å²) < 4.78 is 11.3. The second-order valence-corrected chi connectivity index (χ2v) is 7.58. The Balaban J connectivity index is 1.57. The molecule has 3 heterocycles. The van der Waals surface area contributed by atoms with Crippen LogP contribution in [0, 0.1) is 6.92 Å². The van der Waals surface area contributed by atoms with Gasteiger partial charge in [0.2, 0.25) is 0 Å². The highest BCUT2D eigenvalue weighted by Gasteiger charge is 2.38. The van der Waals surface area contributed by atoms with Crippen LogP contribution in [0.25, 0.3) is 11.1 Å². The number of ether oxygens (including phenoxy) is 1. The maximum atomic E-state index is 13.5. The number of pyridine rings is 1. The van der Waals surface area contributed by atoms with Gasteiger partial charge < -0.3 is 14.2 Å². The third kappa shape index (κ3) is 2.54. The van der Waals surface area contributed by atoms with Crippen molar-refractivity contribution in [3.8, 4) is 0 Å². The standard InChI is InChI=1S/C19H23N3O3/c1-11-17-13(10-14(12-6-7-12)20-18(17)25-21-11)19(23)22-8-9-24-16-5-3-2-4-15(16)22/h10,12,15-16H,2-9H2,1H3/t15-,16+/m1/s1. The van der Waals surface area contributed by atoms with Crippen LogP contribution in [0.1, 0.15) is 66.2 Å². The van der Waals surface area contributed by atoms with Gasteiger partial charge in [-0.25, -0.2) is 4.98 Å². The van der Waals surface area contributed by atoms with Gasteiger partial charge in [-0.2, -0.15) is 0 Å². The molecule has 6 heteroatoms. The summed E-state index contributed by atoms with van der Waals surface area (Å²) in [7, 11) is 0. The van der Waals surface area contributed by atoms with Gasteiger partial charge in [0.25, 0.3) is 11.6 Å². The van der Waals surface area contributed by atoms with E-state index < -0.39 is 0 Å². The second-order valence-electron chi connectivity index (χ2n) is 7.58. The zero-order valence-corrected chi connectivity index (χ0v) is 14.5. The minimum atomic E-state index is 0.0841. The van der Waals surface area contributed by atoms with Crippen LogP contribution in [-0.2, 0) is 4.74 Å². The summed E-state index contributed by atoms with van der Waals surface area (Å²) in [6, 6.07) is 2.18. The number of morpholine rings is 1. The van der Waals surface area contributed by atoms with Gasteiger partial charge in [0.15, 0.2) is 0 Å². The molecule has 0 aromatic carbocycles. The Morgan fingerprint density at radius 2 is 2.08 bits per heavy atom. The number of amides is 1. The Bertz CT molecular complexity index is 825. The van der Waals surface area contributed by atoms with Crippen molar-refractivity contribution < 1.29 is 14.1 Å². The Labute approximate surface area is 146 Å². The molecule has 3 fully saturated rings. The molecule has 2 saturated carbocycles. The van der Waals surface area contributed by atoms with Crippen LogP contribution in [0.2, 0.25) is 0 Å². The molecule has 0 N–H and O–H groups in total. The van der Waals surface area contributed by atoms with Gasteiger partial charge in [0.05, 0.1) is 35.4 Å². The molecule has 2 aromatic rings. The van der Waals surface area contributed by atoms with E-state index in [4.69, 9.17) is 9.26 Å². The van der Waals surface area contributed by atoms with E-state index in [0.29, 0.717) is 30.3 Å². The third-order valence-corrected chi connectivity index (χ3v) is 5.86. The normalized spacial score (nSPS) is 26.7. The van der Waals surface area contributed by atoms with E-state index in [-0.39, 0.29) is 18.1 Å². The van der Waals surface area contributed by atoms with E-state index >= 15 is 0 Å². The van der Waals surface area contributed by atoms with Gasteiger partial charge in [-0.05, 0) is 38.7 Å². The molecule has 3 aliphatic rings. The first-order valence-electron chi connectivity index (χ1n) is 9.42. The van der Waals surface area contributed by atoms with Crippen LogP contribution < -0.4 is 0 Å². The van der Waals surface area contributed by atoms with Gasteiger partial charge in [-0.1, -0.05) is 18.0 Å². The zero-order valence-electron chi connectivity index (χ0n) is 14.5. The van der Waals surface area contributed by atoms with Gasteiger partial charge in [0.1, 0.15) is 0 Å². The largest absolute Gasteiger partial charge is 0.374 e. The second kappa shape index (κ2) is 5.80. The number of hydrogen-bond donors (Lipinski definition) is 0. The highest BCUT2D eigenvalue weighted by molar-refractivity contribution is 6.06. The van der Waals surface area contributed by atoms with E-state index in [2.05, 4.69) is 10.1 Å². The SMILES string of the molecule is Cc1noc2nc(C3CC3)cc(C(=O)N3CCO[C@H]4CCCC[C@H]43)c12. The summed E-state index contributed by atoms with van der Waals surface area (Å²) in [5, 5.41) is 4.82. The number of hydrogen-bond acceptors (Lipinski definition) is 5. The first-order chi connectivity index (χ1) is 12.2. The first kappa shape index (κ1) is 15.3. The molecule has 6 nitrogen and oxygen atoms in total. The molecule has 2 aliphatic carbocycles. The number of nitrogens with zero attached hydrogens (tertiary/aromatic N) is 3. The molecule has 1 saturated heterocycles. The van der Waals surface area contributed by atoms with Crippen molar-refractivity contribution in [3.05, 3.63) is 23.0 Å². The molecule has 2 atom stereocenters. The lowest BCUT2D eigenvalue weighted by atomic mass is 9.89. The van der Waals surface area contributed by atoms with Gasteiger partial charge >= 0.3 is 0 Å². The Morgan fingerprint density at radius 1 is 1.24 bits per heavy atom. The Hall–Kier alpha value is -1.95. The van der Waals surface area contributed by atoms with Crippen molar-refractivity contribution >= 4 is 17.0 Å². The van der Waals surface area contributed by atoms with Gasteiger partial charge in [0, 0.05) is 18.2 Å². The van der Waals surface area contributed by atoms with Crippen LogP contribution in [0.3, 0.4) is 0 Å². The lowest BCUT2D eigenvalue weighted by Crippen LogP contribution is -2.54. The summed E-state index contributed by atoms with van der Waals surface area (Å²) in [5.74, 6) is 0.550. The third-order valence-electron chi connectivity index (χ3n) is 5.86. The monoisotopic (exact) mass is 341 g/mol. The molecule has 0 spiro atoms. The van der Waals surface area contributed by atoms with Crippen molar-refractivity contribution in [2.75, 3.05) is 13.2 Å². The van der Waals surface area contributed by atoms with Crippen molar-refractivity contribution in [2.24, 2.45) is 0 Å². The van der Waals surface area contributed by atoms with Crippen LogP contribution in [0.5, 0.6) is 0 Å². The van der Waals surface area contributed by atoms with Crippen LogP contribution >= 0.6 is 0 Å². The molecule has 1 amide bonds. The van der Waals surface area contributed by atoms with E-state index in [1.807, 2.05) is 17.9 Å². The fourth-order valence-electron chi connectivity index (χ4n) is 4.37. The summed E-state index contributed by atoms with van der Waals surface area (Å²) >= 11 is 0. The topological polar surface area (TPSA) is 68.5 Å². The van der Waals surface area contributed by atoms with E-state index in [0.717, 1.165) is 42.5 Å². The Morgan fingerprint density at radius 3 is 2.92 bits per heavy atom. The summed E-state index contributed by atoms with van der Waals surface area (Å²) in [6.45, 7) is 3.16. The fraction of sp³-hybridized carbons (Fsp3) is 0.632. The molecule has 0 unspecified atom stereocenters. The number of fused-ring (bicyclic) bond motifs is 2. The smallest absolute Gasteiger partial charge is 0.259 e. The molecule has 0 radical (unpaired) electrons. The zero-order chi connectivity index (χ0) is 17.0. The molecular formula is C19H23N3O3. The Kier molecular flexibility index (Phi) is 3.55. The summed E-state index contributed by atoms with van der Waals surface area (Å²) in [4.78, 5) is 20.1. The summed E-state index contributed by atoms with van der Waals surface area (Å²) in [6.07, 6.45) is 6.92. The molecule has 2 aromatic heterocycles. The molecule has 132 valence electrons. The molecule has 0 bridgehead atoms. The summed E-state index contributed by atoms with van der Waals surface area (Å²) in [5.41, 5.74) is 2.91. The molecule has 25 heavy (non-hydrogen) atoms. The average molecular weight is 341 g/mol. The number of aryl methyl sites for hydroxylation is 1. The van der Waals surface area contributed by atoms with E-state index in [1.165, 1.54) is 12.8 Å². The quantitative estimate of drug-likeness (QED) is 0.839. The minimum Gasteiger partial charge on any atom is -0.374 e. The highest BCUT2D eigenvalue weighted by Crippen LogP contribution is 2.41. The fourth-order valence-corrected chi connectivity index (χ4v) is 4.37. The predicted octanol–water partition coefficient (Wildman–Crippen LogP) is 3.19. The number of carbonyl (C=O) groups excluding carboxylic acids is 1. The molecular weight excluding hydrogens is 318 g/mol. The highest BCUT2D eigenvalue weighted by atomic mass is 16.5. The van der Waals surface area contributed by atoms with Gasteiger partial charge in [-0.3, -0.25) is 4.79 Å². The van der Waals surface area contributed by atoms with E-state index in [9.17, 15) is 4.79 Å². The van der Waals surface area contributed by atoms with Crippen molar-refractivity contribution in [2.45, 2.75) is 63.5 Å². The number of carbonyl (C=O) groups is 1. The van der Waals surface area contributed by atoms with Crippen LogP contribution in [0.15, 0.2) is 10.6 Å². The number of rotatable bonds is 2. The van der Waals surface area contributed by atoms with Crippen molar-refractivity contribution in [1.82, 2.24) is 15.0 Å². The maximum Gasteiger partial charge on any atom is 0.259 e. The molecule has 5 rings (SSSR count).